The molecule has 1 aromatic heterocycles. The summed E-state index contributed by atoms with van der Waals surface area (Å²) in [5.74, 6) is 0.854. The summed E-state index contributed by atoms with van der Waals surface area (Å²) < 4.78 is 32.7. The number of halogens is 1. The molecular formula is C21H22ClN3O3S2. The number of piperazine rings is 1. The molecule has 0 atom stereocenters. The zero-order valence-electron chi connectivity index (χ0n) is 16.5. The Morgan fingerprint density at radius 2 is 1.87 bits per heavy atom. The molecule has 2 aromatic carbocycles. The minimum absolute atomic E-state index is 0.233. The second kappa shape index (κ2) is 8.93. The van der Waals surface area contributed by atoms with Gasteiger partial charge < -0.3 is 9.64 Å². The summed E-state index contributed by atoms with van der Waals surface area (Å²) in [5.41, 5.74) is 2.07. The van der Waals surface area contributed by atoms with Gasteiger partial charge in [0.25, 0.3) is 0 Å². The Balaban J connectivity index is 1.41. The predicted molar refractivity (Wildman–Crippen MR) is 120 cm³/mol. The first-order valence-corrected chi connectivity index (χ1v) is 12.2. The Bertz CT molecular complexity index is 1130. The van der Waals surface area contributed by atoms with Crippen LogP contribution in [0.2, 0.25) is 5.02 Å². The molecule has 6 nitrogen and oxygen atoms in total. The third kappa shape index (κ3) is 4.46. The molecule has 0 N–H and O–H groups in total. The van der Waals surface area contributed by atoms with Crippen LogP contribution in [0.4, 0.5) is 5.13 Å². The maximum Gasteiger partial charge on any atom is 0.243 e. The highest BCUT2D eigenvalue weighted by Crippen LogP contribution is 2.27. The lowest BCUT2D eigenvalue weighted by Crippen LogP contribution is -2.48. The Morgan fingerprint density at radius 1 is 1.10 bits per heavy atom. The fourth-order valence-electron chi connectivity index (χ4n) is 3.46. The number of hydrogen-bond donors (Lipinski definition) is 0. The third-order valence-corrected chi connectivity index (χ3v) is 8.13. The van der Waals surface area contributed by atoms with Crippen molar-refractivity contribution in [3.05, 3.63) is 70.2 Å². The number of aromatic nitrogens is 1. The van der Waals surface area contributed by atoms with Gasteiger partial charge in [0.1, 0.15) is 5.75 Å². The summed E-state index contributed by atoms with van der Waals surface area (Å²) in [6.07, 6.45) is 0.698. The van der Waals surface area contributed by atoms with E-state index in [9.17, 15) is 8.42 Å². The van der Waals surface area contributed by atoms with Gasteiger partial charge in [-0.1, -0.05) is 35.9 Å². The molecule has 4 rings (SSSR count). The van der Waals surface area contributed by atoms with Crippen LogP contribution in [0.5, 0.6) is 5.75 Å². The number of rotatable bonds is 6. The molecule has 0 spiro atoms. The van der Waals surface area contributed by atoms with Crippen LogP contribution >= 0.6 is 22.9 Å². The molecule has 3 aromatic rings. The molecule has 0 unspecified atom stereocenters. The lowest BCUT2D eigenvalue weighted by molar-refractivity contribution is 0.384. The Morgan fingerprint density at radius 3 is 2.60 bits per heavy atom. The molecule has 0 aliphatic carbocycles. The largest absolute Gasteiger partial charge is 0.496 e. The van der Waals surface area contributed by atoms with Crippen LogP contribution < -0.4 is 9.64 Å². The van der Waals surface area contributed by atoms with Gasteiger partial charge in [-0.15, -0.1) is 11.3 Å². The molecular weight excluding hydrogens is 442 g/mol. The van der Waals surface area contributed by atoms with E-state index in [2.05, 4.69) is 10.3 Å². The Labute approximate surface area is 185 Å². The van der Waals surface area contributed by atoms with Gasteiger partial charge in [-0.25, -0.2) is 13.4 Å². The normalized spacial score (nSPS) is 15.3. The number of nitrogens with zero attached hydrogens (tertiary/aromatic N) is 3. The molecule has 1 aliphatic heterocycles. The van der Waals surface area contributed by atoms with Crippen LogP contribution in [0.3, 0.4) is 0 Å². The number of ether oxygens (including phenoxy) is 1. The van der Waals surface area contributed by atoms with Crippen molar-refractivity contribution in [1.82, 2.24) is 9.29 Å². The molecule has 158 valence electrons. The van der Waals surface area contributed by atoms with E-state index in [1.807, 2.05) is 24.3 Å². The standard InChI is InChI=1S/C21H22ClN3O3S2/c1-28-20-8-3-2-5-16(20)13-18-15-29-21(23-18)24-9-11-25(12-10-24)30(26,27)19-7-4-6-17(22)14-19/h2-8,14-15H,9-13H2,1H3. The van der Waals surface area contributed by atoms with Crippen molar-refractivity contribution in [2.75, 3.05) is 38.2 Å². The van der Waals surface area contributed by atoms with E-state index in [1.54, 1.807) is 36.6 Å². The van der Waals surface area contributed by atoms with E-state index in [1.165, 1.54) is 10.4 Å². The third-order valence-electron chi connectivity index (χ3n) is 5.05. The minimum Gasteiger partial charge on any atom is -0.496 e. The zero-order chi connectivity index (χ0) is 21.1. The van der Waals surface area contributed by atoms with E-state index in [0.717, 1.165) is 22.1 Å². The smallest absolute Gasteiger partial charge is 0.243 e. The molecule has 1 aliphatic rings. The van der Waals surface area contributed by atoms with E-state index in [0.29, 0.717) is 37.6 Å². The number of hydrogen-bond acceptors (Lipinski definition) is 6. The van der Waals surface area contributed by atoms with Crippen molar-refractivity contribution in [3.8, 4) is 5.75 Å². The first-order chi connectivity index (χ1) is 14.5. The number of sulfonamides is 1. The summed E-state index contributed by atoms with van der Waals surface area (Å²) in [5, 5.41) is 3.39. The van der Waals surface area contributed by atoms with Crippen molar-refractivity contribution in [1.29, 1.82) is 0 Å². The lowest BCUT2D eigenvalue weighted by atomic mass is 10.1. The Kier molecular flexibility index (Phi) is 6.29. The van der Waals surface area contributed by atoms with Crippen molar-refractivity contribution < 1.29 is 13.2 Å². The molecule has 2 heterocycles. The molecule has 0 saturated carbocycles. The second-order valence-electron chi connectivity index (χ2n) is 6.96. The van der Waals surface area contributed by atoms with Crippen molar-refractivity contribution in [3.63, 3.8) is 0 Å². The van der Waals surface area contributed by atoms with Crippen molar-refractivity contribution in [2.24, 2.45) is 0 Å². The van der Waals surface area contributed by atoms with E-state index < -0.39 is 10.0 Å². The highest BCUT2D eigenvalue weighted by molar-refractivity contribution is 7.89. The van der Waals surface area contributed by atoms with E-state index >= 15 is 0 Å². The molecule has 0 amide bonds. The maximum atomic E-state index is 12.9. The quantitative estimate of drug-likeness (QED) is 0.554. The Hall–Kier alpha value is -2.13. The number of anilines is 1. The number of para-hydroxylation sites is 1. The molecule has 9 heteroatoms. The van der Waals surface area contributed by atoms with Gasteiger partial charge in [-0.3, -0.25) is 0 Å². The summed E-state index contributed by atoms with van der Waals surface area (Å²) >= 11 is 7.55. The lowest BCUT2D eigenvalue weighted by Gasteiger charge is -2.33. The predicted octanol–water partition coefficient (Wildman–Crippen LogP) is 3.91. The van der Waals surface area contributed by atoms with Crippen LogP contribution in [0.1, 0.15) is 11.3 Å². The molecule has 0 radical (unpaired) electrons. The highest BCUT2D eigenvalue weighted by Gasteiger charge is 2.29. The summed E-state index contributed by atoms with van der Waals surface area (Å²) in [4.78, 5) is 7.14. The van der Waals surface area contributed by atoms with Crippen LogP contribution in [0, 0.1) is 0 Å². The van der Waals surface area contributed by atoms with Crippen LogP contribution in [0.25, 0.3) is 0 Å². The topological polar surface area (TPSA) is 62.7 Å². The number of benzene rings is 2. The average molecular weight is 464 g/mol. The minimum atomic E-state index is -3.54. The zero-order valence-corrected chi connectivity index (χ0v) is 18.9. The highest BCUT2D eigenvalue weighted by atomic mass is 35.5. The average Bonchev–Trinajstić information content (AvgIpc) is 3.23. The summed E-state index contributed by atoms with van der Waals surface area (Å²) in [7, 11) is -1.87. The first-order valence-electron chi connectivity index (χ1n) is 9.54. The second-order valence-corrected chi connectivity index (χ2v) is 10.2. The van der Waals surface area contributed by atoms with Crippen LogP contribution in [-0.4, -0.2) is 51.0 Å². The van der Waals surface area contributed by atoms with Crippen molar-refractivity contribution in [2.45, 2.75) is 11.3 Å². The summed E-state index contributed by atoms with van der Waals surface area (Å²) in [6, 6.07) is 14.3. The van der Waals surface area contributed by atoms with Gasteiger partial charge in [0, 0.05) is 48.6 Å². The molecule has 30 heavy (non-hydrogen) atoms. The molecule has 0 bridgehead atoms. The van der Waals surface area contributed by atoms with Gasteiger partial charge in [0.05, 0.1) is 17.7 Å². The van der Waals surface area contributed by atoms with Crippen LogP contribution in [0.15, 0.2) is 58.8 Å². The maximum absolute atomic E-state index is 12.9. The molecule has 1 fully saturated rings. The van der Waals surface area contributed by atoms with Gasteiger partial charge >= 0.3 is 0 Å². The SMILES string of the molecule is COc1ccccc1Cc1csc(N2CCN(S(=O)(=O)c3cccc(Cl)c3)CC2)n1. The van der Waals surface area contributed by atoms with Gasteiger partial charge in [0.15, 0.2) is 5.13 Å². The first kappa shape index (κ1) is 21.1. The number of methoxy groups -OCH3 is 1. The van der Waals surface area contributed by atoms with E-state index in [-0.39, 0.29) is 4.90 Å². The van der Waals surface area contributed by atoms with Gasteiger partial charge in [-0.2, -0.15) is 4.31 Å². The fourth-order valence-corrected chi connectivity index (χ4v) is 6.07. The monoisotopic (exact) mass is 463 g/mol. The molecule has 1 saturated heterocycles. The van der Waals surface area contributed by atoms with Crippen LogP contribution in [-0.2, 0) is 16.4 Å². The summed E-state index contributed by atoms with van der Waals surface area (Å²) in [6.45, 7) is 2.02. The number of thiazole rings is 1. The van der Waals surface area contributed by atoms with Gasteiger partial charge in [-0.05, 0) is 24.3 Å². The van der Waals surface area contributed by atoms with Crippen molar-refractivity contribution >= 4 is 38.1 Å². The van der Waals surface area contributed by atoms with Gasteiger partial charge in [0.2, 0.25) is 10.0 Å². The fraction of sp³-hybridized carbons (Fsp3) is 0.286. The van der Waals surface area contributed by atoms with E-state index in [4.69, 9.17) is 21.3 Å².